The van der Waals surface area contributed by atoms with E-state index in [2.05, 4.69) is 0 Å². The Morgan fingerprint density at radius 1 is 1.11 bits per heavy atom. The molecule has 0 unspecified atom stereocenters. The van der Waals surface area contributed by atoms with Crippen LogP contribution in [0.2, 0.25) is 10.0 Å². The van der Waals surface area contributed by atoms with Crippen molar-refractivity contribution in [2.24, 2.45) is 5.73 Å². The molecule has 0 saturated carbocycles. The van der Waals surface area contributed by atoms with Crippen molar-refractivity contribution in [1.29, 1.82) is 0 Å². The molecule has 0 aliphatic heterocycles. The molecule has 0 saturated heterocycles. The molecule has 0 spiro atoms. The second kappa shape index (κ2) is 5.61. The van der Waals surface area contributed by atoms with E-state index >= 15 is 0 Å². The molecule has 2 aromatic rings. The second-order valence-electron chi connectivity index (χ2n) is 3.85. The van der Waals surface area contributed by atoms with Crippen molar-refractivity contribution in [2.75, 3.05) is 7.11 Å². The van der Waals surface area contributed by atoms with Crippen LogP contribution in [-0.4, -0.2) is 7.11 Å². The van der Waals surface area contributed by atoms with Crippen LogP contribution < -0.4 is 10.5 Å². The topological polar surface area (TPSA) is 35.2 Å². The van der Waals surface area contributed by atoms with Gasteiger partial charge in [-0.05, 0) is 35.4 Å². The van der Waals surface area contributed by atoms with Gasteiger partial charge in [0.1, 0.15) is 5.75 Å². The van der Waals surface area contributed by atoms with Crippen molar-refractivity contribution < 1.29 is 4.74 Å². The molecule has 0 aliphatic rings. The number of rotatable bonds is 3. The van der Waals surface area contributed by atoms with Gasteiger partial charge in [0.15, 0.2) is 0 Å². The van der Waals surface area contributed by atoms with Crippen molar-refractivity contribution in [1.82, 2.24) is 0 Å². The van der Waals surface area contributed by atoms with Gasteiger partial charge in [-0.1, -0.05) is 35.3 Å². The van der Waals surface area contributed by atoms with Gasteiger partial charge >= 0.3 is 0 Å². The van der Waals surface area contributed by atoms with Gasteiger partial charge in [-0.3, -0.25) is 0 Å². The van der Waals surface area contributed by atoms with Crippen LogP contribution in [0.5, 0.6) is 5.75 Å². The van der Waals surface area contributed by atoms with Crippen LogP contribution >= 0.6 is 23.2 Å². The second-order valence-corrected chi connectivity index (χ2v) is 4.70. The van der Waals surface area contributed by atoms with Gasteiger partial charge in [0.2, 0.25) is 0 Å². The Balaban J connectivity index is 2.54. The summed E-state index contributed by atoms with van der Waals surface area (Å²) in [6, 6.07) is 11.2. The zero-order valence-electron chi connectivity index (χ0n) is 9.91. The third kappa shape index (κ3) is 2.61. The molecule has 0 amide bonds. The molecule has 94 valence electrons. The summed E-state index contributed by atoms with van der Waals surface area (Å²) in [6.07, 6.45) is 0. The maximum atomic E-state index is 6.16. The van der Waals surface area contributed by atoms with E-state index in [1.165, 1.54) is 0 Å². The van der Waals surface area contributed by atoms with Gasteiger partial charge in [-0.2, -0.15) is 0 Å². The summed E-state index contributed by atoms with van der Waals surface area (Å²) in [6.45, 7) is 0.422. The number of ether oxygens (including phenoxy) is 1. The minimum Gasteiger partial charge on any atom is -0.496 e. The fourth-order valence-corrected chi connectivity index (χ4v) is 2.22. The molecule has 2 aromatic carbocycles. The van der Waals surface area contributed by atoms with E-state index in [0.29, 0.717) is 16.6 Å². The maximum absolute atomic E-state index is 6.16. The van der Waals surface area contributed by atoms with Gasteiger partial charge in [-0.15, -0.1) is 0 Å². The predicted octanol–water partition coefficient (Wildman–Crippen LogP) is 4.13. The van der Waals surface area contributed by atoms with Crippen molar-refractivity contribution in [3.63, 3.8) is 0 Å². The standard InChI is InChI=1S/C14H13Cl2NO/c1-18-14-5-4-11(15)7-12(14)9-2-3-10(8-17)13(16)6-9/h2-7H,8,17H2,1H3. The number of benzene rings is 2. The highest BCUT2D eigenvalue weighted by molar-refractivity contribution is 6.32. The fraction of sp³-hybridized carbons (Fsp3) is 0.143. The van der Waals surface area contributed by atoms with E-state index < -0.39 is 0 Å². The van der Waals surface area contributed by atoms with Crippen molar-refractivity contribution in [2.45, 2.75) is 6.54 Å². The lowest BCUT2D eigenvalue weighted by atomic mass is 10.0. The summed E-state index contributed by atoms with van der Waals surface area (Å²) >= 11 is 12.2. The third-order valence-electron chi connectivity index (χ3n) is 2.75. The average molecular weight is 282 g/mol. The molecular formula is C14H13Cl2NO. The molecule has 0 fully saturated rings. The van der Waals surface area contributed by atoms with Crippen molar-refractivity contribution in [3.05, 3.63) is 52.0 Å². The Bertz CT molecular complexity index is 570. The summed E-state index contributed by atoms with van der Waals surface area (Å²) < 4.78 is 5.32. The Kier molecular flexibility index (Phi) is 4.12. The number of nitrogens with two attached hydrogens (primary N) is 1. The number of halogens is 2. The average Bonchev–Trinajstić information content (AvgIpc) is 2.38. The summed E-state index contributed by atoms with van der Waals surface area (Å²) in [5, 5.41) is 1.31. The fourth-order valence-electron chi connectivity index (χ4n) is 1.79. The number of methoxy groups -OCH3 is 1. The largest absolute Gasteiger partial charge is 0.496 e. The van der Waals surface area contributed by atoms with Crippen molar-refractivity contribution >= 4 is 23.2 Å². The molecule has 2 nitrogen and oxygen atoms in total. The lowest BCUT2D eigenvalue weighted by Crippen LogP contribution is -1.97. The first kappa shape index (κ1) is 13.2. The highest BCUT2D eigenvalue weighted by Crippen LogP contribution is 2.34. The molecule has 2 rings (SSSR count). The van der Waals surface area contributed by atoms with Crippen LogP contribution in [0.25, 0.3) is 11.1 Å². The minimum atomic E-state index is 0.422. The van der Waals surface area contributed by atoms with Crippen LogP contribution in [-0.2, 0) is 6.54 Å². The molecule has 0 atom stereocenters. The molecule has 0 aliphatic carbocycles. The van der Waals surface area contributed by atoms with Gasteiger partial charge in [0.05, 0.1) is 7.11 Å². The molecule has 18 heavy (non-hydrogen) atoms. The SMILES string of the molecule is COc1ccc(Cl)cc1-c1ccc(CN)c(Cl)c1. The van der Waals surface area contributed by atoms with Crippen molar-refractivity contribution in [3.8, 4) is 16.9 Å². The van der Waals surface area contributed by atoms with E-state index in [1.807, 2.05) is 30.3 Å². The predicted molar refractivity (Wildman–Crippen MR) is 76.3 cm³/mol. The van der Waals surface area contributed by atoms with Crippen LogP contribution in [0, 0.1) is 0 Å². The normalized spacial score (nSPS) is 10.4. The van der Waals surface area contributed by atoms with E-state index in [-0.39, 0.29) is 0 Å². The highest BCUT2D eigenvalue weighted by Gasteiger charge is 2.08. The number of hydrogen-bond acceptors (Lipinski definition) is 2. The zero-order valence-corrected chi connectivity index (χ0v) is 11.4. The van der Waals surface area contributed by atoms with Crippen LogP contribution in [0.15, 0.2) is 36.4 Å². The minimum absolute atomic E-state index is 0.422. The van der Waals surface area contributed by atoms with Crippen LogP contribution in [0.3, 0.4) is 0 Å². The van der Waals surface area contributed by atoms with E-state index in [0.717, 1.165) is 22.4 Å². The zero-order chi connectivity index (χ0) is 13.1. The summed E-state index contributed by atoms with van der Waals surface area (Å²) in [5.41, 5.74) is 8.37. The molecule has 0 heterocycles. The number of hydrogen-bond donors (Lipinski definition) is 1. The Labute approximate surface area is 116 Å². The maximum Gasteiger partial charge on any atom is 0.126 e. The van der Waals surface area contributed by atoms with E-state index in [4.69, 9.17) is 33.7 Å². The molecule has 4 heteroatoms. The van der Waals surface area contributed by atoms with E-state index in [1.54, 1.807) is 13.2 Å². The first-order chi connectivity index (χ1) is 8.65. The quantitative estimate of drug-likeness (QED) is 0.918. The molecule has 0 aromatic heterocycles. The Morgan fingerprint density at radius 2 is 1.89 bits per heavy atom. The first-order valence-corrected chi connectivity index (χ1v) is 6.23. The van der Waals surface area contributed by atoms with Gasteiger partial charge < -0.3 is 10.5 Å². The molecule has 2 N–H and O–H groups in total. The first-order valence-electron chi connectivity index (χ1n) is 5.48. The molecule has 0 bridgehead atoms. The Hall–Kier alpha value is -1.22. The Morgan fingerprint density at radius 3 is 2.50 bits per heavy atom. The molecular weight excluding hydrogens is 269 g/mol. The lowest BCUT2D eigenvalue weighted by Gasteiger charge is -2.10. The lowest BCUT2D eigenvalue weighted by molar-refractivity contribution is 0.416. The molecule has 0 radical (unpaired) electrons. The van der Waals surface area contributed by atoms with Gasteiger partial charge in [0, 0.05) is 22.2 Å². The van der Waals surface area contributed by atoms with Crippen LogP contribution in [0.4, 0.5) is 0 Å². The summed E-state index contributed by atoms with van der Waals surface area (Å²) in [4.78, 5) is 0. The van der Waals surface area contributed by atoms with Crippen LogP contribution in [0.1, 0.15) is 5.56 Å². The van der Waals surface area contributed by atoms with Gasteiger partial charge in [-0.25, -0.2) is 0 Å². The smallest absolute Gasteiger partial charge is 0.126 e. The van der Waals surface area contributed by atoms with Gasteiger partial charge in [0.25, 0.3) is 0 Å². The monoisotopic (exact) mass is 281 g/mol. The highest BCUT2D eigenvalue weighted by atomic mass is 35.5. The third-order valence-corrected chi connectivity index (χ3v) is 3.33. The summed E-state index contributed by atoms with van der Waals surface area (Å²) in [7, 11) is 1.63. The summed E-state index contributed by atoms with van der Waals surface area (Å²) in [5.74, 6) is 0.760. The van der Waals surface area contributed by atoms with E-state index in [9.17, 15) is 0 Å².